The molecule has 1 aliphatic carbocycles. The molecule has 1 aromatic carbocycles. The second kappa shape index (κ2) is 6.52. The van der Waals surface area contributed by atoms with Gasteiger partial charge in [-0.3, -0.25) is 4.79 Å². The third kappa shape index (κ3) is 3.02. The van der Waals surface area contributed by atoms with E-state index in [0.29, 0.717) is 11.4 Å². The lowest BCUT2D eigenvalue weighted by Crippen LogP contribution is -2.43. The van der Waals surface area contributed by atoms with Gasteiger partial charge in [0.15, 0.2) is 0 Å². The molecular formula is C19H23N3O3. The van der Waals surface area contributed by atoms with E-state index in [0.717, 1.165) is 50.2 Å². The van der Waals surface area contributed by atoms with Crippen LogP contribution in [0.2, 0.25) is 0 Å². The normalized spacial score (nSPS) is 17.7. The van der Waals surface area contributed by atoms with Crippen molar-refractivity contribution in [2.24, 2.45) is 0 Å². The quantitative estimate of drug-likeness (QED) is 0.861. The van der Waals surface area contributed by atoms with Gasteiger partial charge < -0.3 is 19.5 Å². The first kappa shape index (κ1) is 16.1. The molecule has 1 N–H and O–H groups in total. The molecule has 132 valence electrons. The Morgan fingerprint density at radius 3 is 2.72 bits per heavy atom. The van der Waals surface area contributed by atoms with Gasteiger partial charge in [0, 0.05) is 49.5 Å². The first-order chi connectivity index (χ1) is 12.2. The number of fused-ring (bicyclic) bond motifs is 1. The minimum absolute atomic E-state index is 0.135. The predicted molar refractivity (Wildman–Crippen MR) is 97.5 cm³/mol. The highest BCUT2D eigenvalue weighted by Gasteiger charge is 2.27. The second-order valence-electron chi connectivity index (χ2n) is 6.67. The number of pyridine rings is 1. The van der Waals surface area contributed by atoms with Crippen molar-refractivity contribution in [1.29, 1.82) is 0 Å². The summed E-state index contributed by atoms with van der Waals surface area (Å²) < 4.78 is 7.16. The predicted octanol–water partition coefficient (Wildman–Crippen LogP) is 1.92. The van der Waals surface area contributed by atoms with Crippen LogP contribution in [0.25, 0.3) is 10.9 Å². The number of piperazine rings is 1. The number of anilines is 1. The van der Waals surface area contributed by atoms with E-state index in [9.17, 15) is 9.59 Å². The van der Waals surface area contributed by atoms with Crippen LogP contribution in [0.4, 0.5) is 5.69 Å². The van der Waals surface area contributed by atoms with E-state index in [-0.39, 0.29) is 17.6 Å². The van der Waals surface area contributed by atoms with Gasteiger partial charge in [0.25, 0.3) is 0 Å². The van der Waals surface area contributed by atoms with Crippen LogP contribution in [-0.2, 0) is 4.74 Å². The molecule has 1 aromatic heterocycles. The van der Waals surface area contributed by atoms with Crippen molar-refractivity contribution in [3.8, 4) is 0 Å². The van der Waals surface area contributed by atoms with Crippen molar-refractivity contribution < 1.29 is 9.53 Å². The largest absolute Gasteiger partial charge is 0.462 e. The maximum Gasteiger partial charge on any atom is 0.343 e. The van der Waals surface area contributed by atoms with E-state index in [1.54, 1.807) is 13.1 Å². The van der Waals surface area contributed by atoms with Crippen LogP contribution in [-0.4, -0.2) is 43.3 Å². The average molecular weight is 341 g/mol. The van der Waals surface area contributed by atoms with Gasteiger partial charge in [0.05, 0.1) is 12.1 Å². The van der Waals surface area contributed by atoms with Crippen molar-refractivity contribution in [2.75, 3.05) is 37.7 Å². The average Bonchev–Trinajstić information content (AvgIpc) is 3.48. The molecule has 6 nitrogen and oxygen atoms in total. The van der Waals surface area contributed by atoms with Gasteiger partial charge in [-0.1, -0.05) is 0 Å². The molecule has 4 rings (SSSR count). The van der Waals surface area contributed by atoms with E-state index in [1.807, 2.05) is 12.1 Å². The van der Waals surface area contributed by atoms with Gasteiger partial charge in [0.2, 0.25) is 5.43 Å². The number of hydrogen-bond acceptors (Lipinski definition) is 5. The molecule has 2 aliphatic rings. The topological polar surface area (TPSA) is 63.6 Å². The molecule has 0 amide bonds. The van der Waals surface area contributed by atoms with Crippen LogP contribution < -0.4 is 15.6 Å². The van der Waals surface area contributed by atoms with Gasteiger partial charge in [-0.15, -0.1) is 0 Å². The molecule has 1 saturated heterocycles. The van der Waals surface area contributed by atoms with Gasteiger partial charge >= 0.3 is 5.97 Å². The molecular weight excluding hydrogens is 318 g/mol. The highest BCUT2D eigenvalue weighted by molar-refractivity contribution is 5.94. The summed E-state index contributed by atoms with van der Waals surface area (Å²) in [7, 11) is 0. The summed E-state index contributed by atoms with van der Waals surface area (Å²) >= 11 is 0. The third-order valence-corrected chi connectivity index (χ3v) is 4.93. The number of carbonyl (C=O) groups is 1. The van der Waals surface area contributed by atoms with Crippen molar-refractivity contribution in [2.45, 2.75) is 25.8 Å². The zero-order valence-electron chi connectivity index (χ0n) is 14.5. The summed E-state index contributed by atoms with van der Waals surface area (Å²) in [6, 6.07) is 6.31. The number of aromatic nitrogens is 1. The van der Waals surface area contributed by atoms with E-state index in [4.69, 9.17) is 4.74 Å². The molecule has 0 radical (unpaired) electrons. The fourth-order valence-electron chi connectivity index (χ4n) is 3.47. The molecule has 1 saturated carbocycles. The Hall–Kier alpha value is -2.34. The summed E-state index contributed by atoms with van der Waals surface area (Å²) in [5, 5.41) is 3.95. The van der Waals surface area contributed by atoms with Crippen LogP contribution in [0.15, 0.2) is 29.2 Å². The summed E-state index contributed by atoms with van der Waals surface area (Å²) in [6.45, 7) is 5.87. The Morgan fingerprint density at radius 1 is 1.28 bits per heavy atom. The molecule has 0 unspecified atom stereocenters. The van der Waals surface area contributed by atoms with Crippen molar-refractivity contribution in [3.63, 3.8) is 0 Å². The van der Waals surface area contributed by atoms with Crippen LogP contribution in [0.5, 0.6) is 0 Å². The Bertz CT molecular complexity index is 864. The lowest BCUT2D eigenvalue weighted by Gasteiger charge is -2.29. The van der Waals surface area contributed by atoms with E-state index >= 15 is 0 Å². The molecule has 2 heterocycles. The Labute approximate surface area is 146 Å². The number of benzene rings is 1. The number of rotatable bonds is 4. The summed E-state index contributed by atoms with van der Waals surface area (Å²) in [6.07, 6.45) is 3.86. The SMILES string of the molecule is CCOC(=O)c1cn(C2CC2)c2cc(N3CCNCC3)ccc2c1=O. The number of nitrogens with one attached hydrogen (secondary N) is 1. The molecule has 1 aliphatic heterocycles. The van der Waals surface area contributed by atoms with Gasteiger partial charge in [-0.2, -0.15) is 0 Å². The Morgan fingerprint density at radius 2 is 2.04 bits per heavy atom. The minimum atomic E-state index is -0.532. The smallest absolute Gasteiger partial charge is 0.343 e. The van der Waals surface area contributed by atoms with E-state index in [2.05, 4.69) is 20.9 Å². The summed E-state index contributed by atoms with van der Waals surface area (Å²) in [5.74, 6) is -0.532. The summed E-state index contributed by atoms with van der Waals surface area (Å²) in [5.41, 5.74) is 1.94. The van der Waals surface area contributed by atoms with Gasteiger partial charge in [0.1, 0.15) is 5.56 Å². The van der Waals surface area contributed by atoms with Gasteiger partial charge in [-0.05, 0) is 38.0 Å². The zero-order chi connectivity index (χ0) is 17.4. The first-order valence-electron chi connectivity index (χ1n) is 9.00. The van der Waals surface area contributed by atoms with Gasteiger partial charge in [-0.25, -0.2) is 4.79 Å². The zero-order valence-corrected chi connectivity index (χ0v) is 14.5. The van der Waals surface area contributed by atoms with Crippen LogP contribution in [0.3, 0.4) is 0 Å². The maximum atomic E-state index is 12.8. The first-order valence-corrected chi connectivity index (χ1v) is 9.00. The third-order valence-electron chi connectivity index (χ3n) is 4.93. The maximum absolute atomic E-state index is 12.8. The molecule has 0 atom stereocenters. The lowest BCUT2D eigenvalue weighted by molar-refractivity contribution is 0.0524. The fraction of sp³-hybridized carbons (Fsp3) is 0.474. The number of esters is 1. The highest BCUT2D eigenvalue weighted by atomic mass is 16.5. The van der Waals surface area contributed by atoms with Crippen molar-refractivity contribution >= 4 is 22.6 Å². The van der Waals surface area contributed by atoms with E-state index < -0.39 is 5.97 Å². The number of hydrogen-bond donors (Lipinski definition) is 1. The standard InChI is InChI=1S/C19H23N3O3/c1-2-25-19(24)16-12-22(13-3-4-13)17-11-14(5-6-15(17)18(16)23)21-9-7-20-8-10-21/h5-6,11-13,20H,2-4,7-10H2,1H3. The molecule has 2 aromatic rings. The number of carbonyl (C=O) groups excluding carboxylic acids is 1. The second-order valence-corrected chi connectivity index (χ2v) is 6.67. The lowest BCUT2D eigenvalue weighted by atomic mass is 10.1. The summed E-state index contributed by atoms with van der Waals surface area (Å²) in [4.78, 5) is 27.3. The van der Waals surface area contributed by atoms with Crippen LogP contribution in [0.1, 0.15) is 36.2 Å². The molecule has 0 spiro atoms. The van der Waals surface area contributed by atoms with Crippen LogP contribution in [0, 0.1) is 0 Å². The Balaban J connectivity index is 1.84. The number of nitrogens with zero attached hydrogens (tertiary/aromatic N) is 2. The number of ether oxygens (including phenoxy) is 1. The molecule has 0 bridgehead atoms. The van der Waals surface area contributed by atoms with Crippen LogP contribution >= 0.6 is 0 Å². The van der Waals surface area contributed by atoms with E-state index in [1.165, 1.54) is 0 Å². The van der Waals surface area contributed by atoms with Crippen molar-refractivity contribution in [1.82, 2.24) is 9.88 Å². The molecule has 6 heteroatoms. The van der Waals surface area contributed by atoms with Crippen molar-refractivity contribution in [3.05, 3.63) is 40.2 Å². The fourth-order valence-corrected chi connectivity index (χ4v) is 3.47. The molecule has 25 heavy (non-hydrogen) atoms. The minimum Gasteiger partial charge on any atom is -0.462 e. The highest BCUT2D eigenvalue weighted by Crippen LogP contribution is 2.37. The monoisotopic (exact) mass is 341 g/mol. The molecule has 2 fully saturated rings. The Kier molecular flexibility index (Phi) is 4.21.